The van der Waals surface area contributed by atoms with Crippen LogP contribution < -0.4 is 10.6 Å². The summed E-state index contributed by atoms with van der Waals surface area (Å²) in [5.41, 5.74) is 2.27. The van der Waals surface area contributed by atoms with E-state index in [1.165, 1.54) is 11.1 Å². The summed E-state index contributed by atoms with van der Waals surface area (Å²) in [5, 5.41) is 6.36. The normalized spacial score (nSPS) is 21.3. The fourth-order valence-corrected chi connectivity index (χ4v) is 2.96. The average Bonchev–Trinajstić information content (AvgIpc) is 2.36. The zero-order chi connectivity index (χ0) is 11.0. The van der Waals surface area contributed by atoms with E-state index >= 15 is 0 Å². The van der Waals surface area contributed by atoms with Gasteiger partial charge in [-0.05, 0) is 37.1 Å². The molecule has 1 amide bonds. The number of benzene rings is 1. The highest BCUT2D eigenvalue weighted by Crippen LogP contribution is 2.38. The van der Waals surface area contributed by atoms with Gasteiger partial charge >= 0.3 is 0 Å². The van der Waals surface area contributed by atoms with E-state index in [2.05, 4.69) is 22.8 Å². The lowest BCUT2D eigenvalue weighted by molar-refractivity contribution is -0.128. The molecule has 4 heteroatoms. The first kappa shape index (κ1) is 12.4. The molecular weight excluding hydrogens is 236 g/mol. The molecule has 2 aliphatic rings. The van der Waals surface area contributed by atoms with E-state index in [9.17, 15) is 4.79 Å². The molecule has 0 atom stereocenters. The maximum absolute atomic E-state index is 12.2. The van der Waals surface area contributed by atoms with Gasteiger partial charge in [0.1, 0.15) is 0 Å². The van der Waals surface area contributed by atoms with E-state index in [0.29, 0.717) is 6.54 Å². The molecule has 1 aromatic rings. The summed E-state index contributed by atoms with van der Waals surface area (Å²) in [7, 11) is 0. The summed E-state index contributed by atoms with van der Waals surface area (Å²) in [6.07, 6.45) is 1.83. The zero-order valence-corrected chi connectivity index (χ0v) is 10.5. The second-order valence-corrected chi connectivity index (χ2v) is 4.67. The minimum Gasteiger partial charge on any atom is -0.351 e. The first-order valence-electron chi connectivity index (χ1n) is 5.90. The molecule has 1 fully saturated rings. The van der Waals surface area contributed by atoms with Crippen molar-refractivity contribution in [2.75, 3.05) is 13.1 Å². The predicted molar refractivity (Wildman–Crippen MR) is 69.3 cm³/mol. The molecule has 17 heavy (non-hydrogen) atoms. The molecular formula is C13H17ClN2O. The molecule has 3 rings (SSSR count). The smallest absolute Gasteiger partial charge is 0.231 e. The van der Waals surface area contributed by atoms with Crippen molar-refractivity contribution < 1.29 is 4.79 Å². The second kappa shape index (κ2) is 4.67. The number of halogens is 1. The summed E-state index contributed by atoms with van der Waals surface area (Å²) >= 11 is 0. The standard InChI is InChI=1S/C13H16N2O.ClH/c16-12-13(5-7-14-8-6-13)11-4-2-1-3-10(11)9-15-12;/h1-4,14H,5-9H2,(H,15,16);1H. The maximum Gasteiger partial charge on any atom is 0.231 e. The second-order valence-electron chi connectivity index (χ2n) is 4.67. The summed E-state index contributed by atoms with van der Waals surface area (Å²) in [5.74, 6) is 0.215. The lowest BCUT2D eigenvalue weighted by Crippen LogP contribution is -2.53. The number of fused-ring (bicyclic) bond motifs is 2. The molecule has 1 saturated heterocycles. The zero-order valence-electron chi connectivity index (χ0n) is 9.66. The Morgan fingerprint density at radius 1 is 1.12 bits per heavy atom. The van der Waals surface area contributed by atoms with E-state index in [1.54, 1.807) is 0 Å². The van der Waals surface area contributed by atoms with E-state index in [4.69, 9.17) is 0 Å². The summed E-state index contributed by atoms with van der Waals surface area (Å²) < 4.78 is 0. The van der Waals surface area contributed by atoms with Crippen LogP contribution in [0.2, 0.25) is 0 Å². The van der Waals surface area contributed by atoms with Gasteiger partial charge in [-0.15, -0.1) is 12.4 Å². The summed E-state index contributed by atoms with van der Waals surface area (Å²) in [4.78, 5) is 12.2. The van der Waals surface area contributed by atoms with Gasteiger partial charge in [0.15, 0.2) is 0 Å². The van der Waals surface area contributed by atoms with E-state index in [1.807, 2.05) is 12.1 Å². The summed E-state index contributed by atoms with van der Waals surface area (Å²) in [6, 6.07) is 8.34. The number of carbonyl (C=O) groups excluding carboxylic acids is 1. The van der Waals surface area contributed by atoms with Crippen molar-refractivity contribution in [1.29, 1.82) is 0 Å². The van der Waals surface area contributed by atoms with Crippen LogP contribution in [0.5, 0.6) is 0 Å². The van der Waals surface area contributed by atoms with Gasteiger partial charge in [0, 0.05) is 6.54 Å². The Morgan fingerprint density at radius 2 is 1.82 bits per heavy atom. The first-order chi connectivity index (χ1) is 7.83. The number of hydrogen-bond donors (Lipinski definition) is 2. The van der Waals surface area contributed by atoms with Crippen LogP contribution in [-0.2, 0) is 16.8 Å². The third-order valence-electron chi connectivity index (χ3n) is 3.86. The number of hydrogen-bond acceptors (Lipinski definition) is 2. The summed E-state index contributed by atoms with van der Waals surface area (Å²) in [6.45, 7) is 2.55. The van der Waals surface area contributed by atoms with E-state index < -0.39 is 0 Å². The van der Waals surface area contributed by atoms with Gasteiger partial charge < -0.3 is 10.6 Å². The van der Waals surface area contributed by atoms with Gasteiger partial charge in [-0.25, -0.2) is 0 Å². The Labute approximate surface area is 107 Å². The Bertz CT molecular complexity index is 427. The number of amides is 1. The van der Waals surface area contributed by atoms with Crippen LogP contribution in [0.1, 0.15) is 24.0 Å². The number of piperidine rings is 1. The highest BCUT2D eigenvalue weighted by molar-refractivity contribution is 5.90. The predicted octanol–water partition coefficient (Wildman–Crippen LogP) is 1.36. The molecule has 92 valence electrons. The Morgan fingerprint density at radius 3 is 2.59 bits per heavy atom. The fraction of sp³-hybridized carbons (Fsp3) is 0.462. The Kier molecular flexibility index (Phi) is 3.40. The molecule has 0 radical (unpaired) electrons. The van der Waals surface area contributed by atoms with Crippen molar-refractivity contribution >= 4 is 18.3 Å². The first-order valence-corrected chi connectivity index (χ1v) is 5.90. The molecule has 0 aliphatic carbocycles. The molecule has 0 saturated carbocycles. The van der Waals surface area contributed by atoms with Gasteiger partial charge in [-0.3, -0.25) is 4.79 Å². The van der Waals surface area contributed by atoms with Crippen LogP contribution >= 0.6 is 12.4 Å². The topological polar surface area (TPSA) is 41.1 Å². The molecule has 0 bridgehead atoms. The third kappa shape index (κ3) is 1.83. The van der Waals surface area contributed by atoms with Crippen molar-refractivity contribution in [3.8, 4) is 0 Å². The van der Waals surface area contributed by atoms with Crippen LogP contribution in [0.25, 0.3) is 0 Å². The van der Waals surface area contributed by atoms with Gasteiger partial charge in [0.25, 0.3) is 0 Å². The number of carbonyl (C=O) groups is 1. The molecule has 2 N–H and O–H groups in total. The minimum absolute atomic E-state index is 0. The third-order valence-corrected chi connectivity index (χ3v) is 3.86. The van der Waals surface area contributed by atoms with E-state index in [0.717, 1.165) is 25.9 Å². The van der Waals surface area contributed by atoms with Crippen molar-refractivity contribution in [1.82, 2.24) is 10.6 Å². The minimum atomic E-state index is -0.264. The van der Waals surface area contributed by atoms with Gasteiger partial charge in [-0.2, -0.15) is 0 Å². The van der Waals surface area contributed by atoms with Gasteiger partial charge in [0.2, 0.25) is 5.91 Å². The van der Waals surface area contributed by atoms with Crippen LogP contribution in [-0.4, -0.2) is 19.0 Å². The quantitative estimate of drug-likeness (QED) is 0.732. The maximum atomic E-state index is 12.2. The molecule has 3 nitrogen and oxygen atoms in total. The van der Waals surface area contributed by atoms with Crippen LogP contribution in [0.15, 0.2) is 24.3 Å². The fourth-order valence-electron chi connectivity index (χ4n) is 2.96. The molecule has 0 aromatic heterocycles. The average molecular weight is 253 g/mol. The highest BCUT2D eigenvalue weighted by atomic mass is 35.5. The number of rotatable bonds is 0. The van der Waals surface area contributed by atoms with Gasteiger partial charge in [-0.1, -0.05) is 24.3 Å². The largest absolute Gasteiger partial charge is 0.351 e. The molecule has 1 spiro atoms. The lowest BCUT2D eigenvalue weighted by atomic mass is 9.69. The number of nitrogens with one attached hydrogen (secondary N) is 2. The van der Waals surface area contributed by atoms with Crippen LogP contribution in [0.3, 0.4) is 0 Å². The molecule has 1 aromatic carbocycles. The molecule has 0 unspecified atom stereocenters. The molecule has 2 heterocycles. The van der Waals surface area contributed by atoms with Crippen molar-refractivity contribution in [2.24, 2.45) is 0 Å². The Balaban J connectivity index is 0.00000108. The van der Waals surface area contributed by atoms with E-state index in [-0.39, 0.29) is 23.7 Å². The molecule has 2 aliphatic heterocycles. The Hall–Kier alpha value is -1.06. The lowest BCUT2D eigenvalue weighted by Gasteiger charge is -2.40. The van der Waals surface area contributed by atoms with Crippen molar-refractivity contribution in [3.05, 3.63) is 35.4 Å². The van der Waals surface area contributed by atoms with Crippen LogP contribution in [0, 0.1) is 0 Å². The van der Waals surface area contributed by atoms with Crippen molar-refractivity contribution in [2.45, 2.75) is 24.8 Å². The SMILES string of the molecule is Cl.O=C1NCc2ccccc2C12CCNCC2. The monoisotopic (exact) mass is 252 g/mol. The van der Waals surface area contributed by atoms with Crippen LogP contribution in [0.4, 0.5) is 0 Å². The van der Waals surface area contributed by atoms with Crippen molar-refractivity contribution in [3.63, 3.8) is 0 Å². The van der Waals surface area contributed by atoms with Gasteiger partial charge in [0.05, 0.1) is 5.41 Å². The highest BCUT2D eigenvalue weighted by Gasteiger charge is 2.44.